The highest BCUT2D eigenvalue weighted by molar-refractivity contribution is 6.79. The summed E-state index contributed by atoms with van der Waals surface area (Å²) >= 11 is 0. The normalized spacial score (nSPS) is 17.4. The van der Waals surface area contributed by atoms with Crippen LogP contribution in [0.25, 0.3) is 0 Å². The maximum atomic E-state index is 10.3. The first-order valence-corrected chi connectivity index (χ1v) is 10.5. The van der Waals surface area contributed by atoms with Crippen molar-refractivity contribution in [1.29, 1.82) is 0 Å². The standard InChI is InChI=1S/C17H26OSi/c1-7-9-14-10-8-11-15(14)16(18)12-13-17(2,3)19(4,5)6/h16,18H,8,10-11H2,1-6H3. The van der Waals surface area contributed by atoms with Crippen LogP contribution in [-0.2, 0) is 0 Å². The molecule has 0 aliphatic heterocycles. The minimum Gasteiger partial charge on any atom is -0.376 e. The third-order valence-electron chi connectivity index (χ3n) is 4.26. The van der Waals surface area contributed by atoms with Crippen molar-refractivity contribution in [3.8, 4) is 23.7 Å². The molecule has 0 radical (unpaired) electrons. The van der Waals surface area contributed by atoms with Crippen LogP contribution < -0.4 is 0 Å². The van der Waals surface area contributed by atoms with Gasteiger partial charge in [0.1, 0.15) is 6.10 Å². The van der Waals surface area contributed by atoms with E-state index in [0.29, 0.717) is 0 Å². The third kappa shape index (κ3) is 4.00. The molecule has 104 valence electrons. The highest BCUT2D eigenvalue weighted by atomic mass is 28.3. The lowest BCUT2D eigenvalue weighted by Gasteiger charge is -2.32. The Balaban J connectivity index is 2.95. The zero-order valence-electron chi connectivity index (χ0n) is 13.1. The van der Waals surface area contributed by atoms with Crippen molar-refractivity contribution in [3.05, 3.63) is 11.1 Å². The number of aliphatic hydroxyl groups is 1. The summed E-state index contributed by atoms with van der Waals surface area (Å²) in [6.07, 6.45) is 2.39. The average molecular weight is 274 g/mol. The van der Waals surface area contributed by atoms with Gasteiger partial charge >= 0.3 is 0 Å². The summed E-state index contributed by atoms with van der Waals surface area (Å²) in [4.78, 5) is 0. The molecule has 0 fully saturated rings. The van der Waals surface area contributed by atoms with Crippen LogP contribution in [-0.4, -0.2) is 19.3 Å². The van der Waals surface area contributed by atoms with Crippen molar-refractivity contribution in [2.24, 2.45) is 0 Å². The second-order valence-electron chi connectivity index (χ2n) is 6.78. The molecule has 0 heterocycles. The zero-order chi connectivity index (χ0) is 14.7. The van der Waals surface area contributed by atoms with Gasteiger partial charge in [0, 0.05) is 10.6 Å². The second-order valence-corrected chi connectivity index (χ2v) is 12.5. The fraction of sp³-hybridized carbons (Fsp3) is 0.647. The molecule has 0 aromatic rings. The van der Waals surface area contributed by atoms with Crippen molar-refractivity contribution >= 4 is 8.07 Å². The molecule has 1 rings (SSSR count). The van der Waals surface area contributed by atoms with Gasteiger partial charge in [0.2, 0.25) is 0 Å². The van der Waals surface area contributed by atoms with E-state index in [-0.39, 0.29) is 5.04 Å². The highest BCUT2D eigenvalue weighted by Gasteiger charge is 2.33. The summed E-state index contributed by atoms with van der Waals surface area (Å²) in [6.45, 7) is 13.2. The van der Waals surface area contributed by atoms with E-state index in [4.69, 9.17) is 0 Å². The predicted molar refractivity (Wildman–Crippen MR) is 85.5 cm³/mol. The summed E-state index contributed by atoms with van der Waals surface area (Å²) in [6, 6.07) is 0. The molecule has 0 spiro atoms. The minimum absolute atomic E-state index is 0.0176. The van der Waals surface area contributed by atoms with E-state index in [1.807, 2.05) is 6.92 Å². The van der Waals surface area contributed by atoms with Crippen molar-refractivity contribution in [2.45, 2.75) is 70.8 Å². The molecule has 2 heteroatoms. The molecule has 0 aromatic heterocycles. The largest absolute Gasteiger partial charge is 0.376 e. The molecule has 19 heavy (non-hydrogen) atoms. The lowest BCUT2D eigenvalue weighted by atomic mass is 10.0. The Labute approximate surface area is 119 Å². The molecule has 1 aliphatic carbocycles. The van der Waals surface area contributed by atoms with Crippen LogP contribution in [0.4, 0.5) is 0 Å². The summed E-state index contributed by atoms with van der Waals surface area (Å²) in [5, 5.41) is 10.3. The fourth-order valence-electron chi connectivity index (χ4n) is 1.89. The van der Waals surface area contributed by atoms with Crippen LogP contribution in [0.3, 0.4) is 0 Å². The first kappa shape index (κ1) is 16.1. The van der Waals surface area contributed by atoms with E-state index in [9.17, 15) is 5.11 Å². The van der Waals surface area contributed by atoms with Gasteiger partial charge in [-0.05, 0) is 31.8 Å². The van der Waals surface area contributed by atoms with Crippen molar-refractivity contribution in [3.63, 3.8) is 0 Å². The van der Waals surface area contributed by atoms with Gasteiger partial charge in [-0.3, -0.25) is 0 Å². The van der Waals surface area contributed by atoms with Crippen LogP contribution in [0, 0.1) is 23.7 Å². The topological polar surface area (TPSA) is 20.2 Å². The van der Waals surface area contributed by atoms with Crippen LogP contribution in [0.1, 0.15) is 40.0 Å². The number of allylic oxidation sites excluding steroid dienone is 1. The highest BCUT2D eigenvalue weighted by Crippen LogP contribution is 2.36. The van der Waals surface area contributed by atoms with Gasteiger partial charge in [-0.25, -0.2) is 0 Å². The van der Waals surface area contributed by atoms with E-state index in [1.54, 1.807) is 0 Å². The number of hydrogen-bond donors (Lipinski definition) is 1. The molecule has 0 saturated heterocycles. The van der Waals surface area contributed by atoms with Gasteiger partial charge < -0.3 is 5.11 Å². The Hall–Kier alpha value is -0.963. The average Bonchev–Trinajstić information content (AvgIpc) is 2.73. The van der Waals surface area contributed by atoms with Gasteiger partial charge in [0.15, 0.2) is 0 Å². The maximum Gasteiger partial charge on any atom is 0.137 e. The lowest BCUT2D eigenvalue weighted by molar-refractivity contribution is 0.264. The Morgan fingerprint density at radius 1 is 1.21 bits per heavy atom. The van der Waals surface area contributed by atoms with E-state index in [1.165, 1.54) is 0 Å². The van der Waals surface area contributed by atoms with Gasteiger partial charge in [-0.1, -0.05) is 51.2 Å². The molecule has 0 amide bonds. The van der Waals surface area contributed by atoms with Crippen molar-refractivity contribution < 1.29 is 5.11 Å². The molecule has 1 nitrogen and oxygen atoms in total. The quantitative estimate of drug-likeness (QED) is 0.596. The Bertz CT molecular complexity index is 483. The van der Waals surface area contributed by atoms with Crippen LogP contribution >= 0.6 is 0 Å². The molecule has 0 bridgehead atoms. The van der Waals surface area contributed by atoms with Crippen LogP contribution in [0.15, 0.2) is 11.1 Å². The second kappa shape index (κ2) is 5.99. The SMILES string of the molecule is CC#CC1=C(C(O)C#CC(C)(C)[Si](C)(C)C)CCC1. The molecular formula is C17H26OSi. The fourth-order valence-corrected chi connectivity index (χ4v) is 2.33. The van der Waals surface area contributed by atoms with Crippen LogP contribution in [0.5, 0.6) is 0 Å². The van der Waals surface area contributed by atoms with Crippen LogP contribution in [0.2, 0.25) is 24.7 Å². The predicted octanol–water partition coefficient (Wildman–Crippen LogP) is 3.97. The van der Waals surface area contributed by atoms with Gasteiger partial charge in [-0.15, -0.1) is 5.92 Å². The lowest BCUT2D eigenvalue weighted by Crippen LogP contribution is -2.34. The minimum atomic E-state index is -1.35. The molecule has 0 saturated carbocycles. The summed E-state index contributed by atoms with van der Waals surface area (Å²) in [5.41, 5.74) is 2.16. The number of aliphatic hydroxyl groups excluding tert-OH is 1. The van der Waals surface area contributed by atoms with E-state index < -0.39 is 14.2 Å². The van der Waals surface area contributed by atoms with E-state index >= 15 is 0 Å². The van der Waals surface area contributed by atoms with E-state index in [0.717, 1.165) is 30.4 Å². The molecule has 1 aliphatic rings. The molecule has 1 N–H and O–H groups in total. The Morgan fingerprint density at radius 3 is 2.37 bits per heavy atom. The zero-order valence-corrected chi connectivity index (χ0v) is 14.1. The van der Waals surface area contributed by atoms with Gasteiger partial charge in [0.05, 0.1) is 8.07 Å². The Kier molecular flexibility index (Phi) is 5.08. The molecule has 1 unspecified atom stereocenters. The summed E-state index contributed by atoms with van der Waals surface area (Å²) < 4.78 is 0. The maximum absolute atomic E-state index is 10.3. The summed E-state index contributed by atoms with van der Waals surface area (Å²) in [5.74, 6) is 12.4. The Morgan fingerprint density at radius 2 is 1.84 bits per heavy atom. The van der Waals surface area contributed by atoms with Crippen molar-refractivity contribution in [2.75, 3.05) is 0 Å². The first-order valence-electron chi connectivity index (χ1n) is 7.04. The number of hydrogen-bond acceptors (Lipinski definition) is 1. The smallest absolute Gasteiger partial charge is 0.137 e. The molecule has 0 aromatic carbocycles. The summed E-state index contributed by atoms with van der Waals surface area (Å²) in [7, 11) is -1.35. The number of rotatable bonds is 2. The first-order chi connectivity index (χ1) is 8.69. The van der Waals surface area contributed by atoms with E-state index in [2.05, 4.69) is 57.2 Å². The van der Waals surface area contributed by atoms with Gasteiger partial charge in [0.25, 0.3) is 0 Å². The molecular weight excluding hydrogens is 248 g/mol. The molecule has 1 atom stereocenters. The monoisotopic (exact) mass is 274 g/mol. The van der Waals surface area contributed by atoms with Gasteiger partial charge in [-0.2, -0.15) is 0 Å². The van der Waals surface area contributed by atoms with Crippen molar-refractivity contribution in [1.82, 2.24) is 0 Å². The third-order valence-corrected chi connectivity index (χ3v) is 8.14.